The van der Waals surface area contributed by atoms with Gasteiger partial charge in [-0.1, -0.05) is 26.3 Å². The van der Waals surface area contributed by atoms with Gasteiger partial charge in [0, 0.05) is 0 Å². The molecule has 0 aliphatic carbocycles. The van der Waals surface area contributed by atoms with Crippen LogP contribution < -0.4 is 9.83 Å². The maximum atomic E-state index is 12.4. The molecule has 0 saturated heterocycles. The summed E-state index contributed by atoms with van der Waals surface area (Å²) in [5.74, 6) is -1.84. The highest BCUT2D eigenvalue weighted by molar-refractivity contribution is 7.89. The molecule has 0 bridgehead atoms. The molecular formula is C12H14N3O4S2-. The number of carbonyl (C=O) groups is 1. The number of nitrogens with one attached hydrogen (secondary N) is 1. The van der Waals surface area contributed by atoms with Gasteiger partial charge in [0.15, 0.2) is 0 Å². The summed E-state index contributed by atoms with van der Waals surface area (Å²) in [7, 11) is -4.02. The zero-order chi connectivity index (χ0) is 15.6. The van der Waals surface area contributed by atoms with Crippen molar-refractivity contribution in [3.05, 3.63) is 18.2 Å². The third kappa shape index (κ3) is 3.20. The molecule has 0 aliphatic heterocycles. The Bertz CT molecular complexity index is 757. The van der Waals surface area contributed by atoms with Crippen molar-refractivity contribution < 1.29 is 18.3 Å². The summed E-state index contributed by atoms with van der Waals surface area (Å²) in [6.45, 7) is 3.42. The summed E-state index contributed by atoms with van der Waals surface area (Å²) < 4.78 is 34.9. The molecule has 0 fully saturated rings. The van der Waals surface area contributed by atoms with Gasteiger partial charge in [0.1, 0.15) is 15.9 Å². The number of carboxylic acid groups (broad SMARTS) is 1. The van der Waals surface area contributed by atoms with Crippen molar-refractivity contribution in [1.29, 1.82) is 0 Å². The normalized spacial score (nSPS) is 15.0. The highest BCUT2D eigenvalue weighted by atomic mass is 32.2. The van der Waals surface area contributed by atoms with Gasteiger partial charge < -0.3 is 9.90 Å². The fourth-order valence-electron chi connectivity index (χ4n) is 1.86. The van der Waals surface area contributed by atoms with Crippen LogP contribution in [-0.2, 0) is 14.8 Å². The first-order valence-corrected chi connectivity index (χ1v) is 8.52. The standard InChI is InChI=1S/C12H15N3O4S2/c1-3-7(2)10(12(16)17)15-21(18,19)9-6-4-5-8-11(9)14-20-13-8/h4-7,10,15H,3H2,1-2H3,(H,16,17)/p-1/t7-,10+/m0/s1. The minimum Gasteiger partial charge on any atom is -0.548 e. The van der Waals surface area contributed by atoms with Crippen LogP contribution in [0, 0.1) is 5.92 Å². The molecule has 7 nitrogen and oxygen atoms in total. The molecule has 1 aromatic carbocycles. The van der Waals surface area contributed by atoms with Gasteiger partial charge in [-0.25, -0.2) is 13.1 Å². The smallest absolute Gasteiger partial charge is 0.243 e. The van der Waals surface area contributed by atoms with Crippen molar-refractivity contribution in [2.75, 3.05) is 0 Å². The summed E-state index contributed by atoms with van der Waals surface area (Å²) >= 11 is 0.898. The molecular weight excluding hydrogens is 314 g/mol. The van der Waals surface area contributed by atoms with Crippen molar-refractivity contribution in [2.24, 2.45) is 5.92 Å². The van der Waals surface area contributed by atoms with E-state index in [0.29, 0.717) is 11.9 Å². The molecule has 0 spiro atoms. The van der Waals surface area contributed by atoms with Crippen LogP contribution in [-0.4, -0.2) is 29.2 Å². The van der Waals surface area contributed by atoms with Crippen LogP contribution in [0.1, 0.15) is 20.3 Å². The Balaban J connectivity index is 2.42. The van der Waals surface area contributed by atoms with Crippen molar-refractivity contribution in [1.82, 2.24) is 13.5 Å². The Morgan fingerprint density at radius 1 is 1.43 bits per heavy atom. The molecule has 21 heavy (non-hydrogen) atoms. The van der Waals surface area contributed by atoms with Gasteiger partial charge in [-0.2, -0.15) is 8.75 Å². The first kappa shape index (κ1) is 15.8. The van der Waals surface area contributed by atoms with Gasteiger partial charge >= 0.3 is 0 Å². The summed E-state index contributed by atoms with van der Waals surface area (Å²) in [5.41, 5.74) is 0.688. The van der Waals surface area contributed by atoms with Crippen molar-refractivity contribution in [3.63, 3.8) is 0 Å². The lowest BCUT2D eigenvalue weighted by molar-refractivity contribution is -0.309. The van der Waals surface area contributed by atoms with Gasteiger partial charge in [0.05, 0.1) is 23.7 Å². The largest absolute Gasteiger partial charge is 0.548 e. The molecule has 1 aromatic heterocycles. The minimum absolute atomic E-state index is 0.0803. The van der Waals surface area contributed by atoms with Gasteiger partial charge in [-0.15, -0.1) is 0 Å². The average Bonchev–Trinajstić information content (AvgIpc) is 2.91. The Morgan fingerprint density at radius 2 is 2.14 bits per heavy atom. The molecule has 1 heterocycles. The number of benzene rings is 1. The number of rotatable bonds is 6. The van der Waals surface area contributed by atoms with Crippen LogP contribution in [0.5, 0.6) is 0 Å². The first-order valence-electron chi connectivity index (χ1n) is 6.31. The predicted molar refractivity (Wildman–Crippen MR) is 76.0 cm³/mol. The van der Waals surface area contributed by atoms with E-state index in [9.17, 15) is 18.3 Å². The maximum absolute atomic E-state index is 12.4. The third-order valence-corrected chi connectivity index (χ3v) is 5.30. The van der Waals surface area contributed by atoms with E-state index in [4.69, 9.17) is 0 Å². The zero-order valence-corrected chi connectivity index (χ0v) is 13.1. The highest BCUT2D eigenvalue weighted by Gasteiger charge is 2.26. The second kappa shape index (κ2) is 6.04. The number of carboxylic acids is 1. The molecule has 0 amide bonds. The molecule has 9 heteroatoms. The Kier molecular flexibility index (Phi) is 4.55. The number of nitrogens with zero attached hydrogens (tertiary/aromatic N) is 2. The average molecular weight is 328 g/mol. The second-order valence-electron chi connectivity index (χ2n) is 4.69. The van der Waals surface area contributed by atoms with Crippen molar-refractivity contribution in [2.45, 2.75) is 31.2 Å². The first-order chi connectivity index (χ1) is 9.86. The number of carbonyl (C=O) groups excluding carboxylic acids is 1. The monoisotopic (exact) mass is 328 g/mol. The molecule has 0 radical (unpaired) electrons. The molecule has 0 unspecified atom stereocenters. The van der Waals surface area contributed by atoms with Crippen molar-refractivity contribution in [3.8, 4) is 0 Å². The minimum atomic E-state index is -4.02. The van der Waals surface area contributed by atoms with Crippen LogP contribution in [0.2, 0.25) is 0 Å². The number of fused-ring (bicyclic) bond motifs is 1. The van der Waals surface area contributed by atoms with Gasteiger partial charge in [0.25, 0.3) is 0 Å². The van der Waals surface area contributed by atoms with Crippen LogP contribution in [0.4, 0.5) is 0 Å². The number of aliphatic carboxylic acids is 1. The van der Waals surface area contributed by atoms with E-state index in [1.807, 2.05) is 0 Å². The fourth-order valence-corrected chi connectivity index (χ4v) is 3.92. The van der Waals surface area contributed by atoms with E-state index >= 15 is 0 Å². The third-order valence-electron chi connectivity index (χ3n) is 3.29. The Morgan fingerprint density at radius 3 is 2.76 bits per heavy atom. The topological polar surface area (TPSA) is 112 Å². The number of aromatic nitrogens is 2. The van der Waals surface area contributed by atoms with E-state index in [2.05, 4.69) is 13.5 Å². The number of hydrogen-bond donors (Lipinski definition) is 1. The number of hydrogen-bond acceptors (Lipinski definition) is 7. The Hall–Kier alpha value is -1.58. The molecule has 114 valence electrons. The summed E-state index contributed by atoms with van der Waals surface area (Å²) in [6.07, 6.45) is 0.504. The van der Waals surface area contributed by atoms with E-state index in [1.54, 1.807) is 19.9 Å². The molecule has 0 saturated carbocycles. The van der Waals surface area contributed by atoms with Gasteiger partial charge in [-0.05, 0) is 18.1 Å². The molecule has 2 rings (SSSR count). The van der Waals surface area contributed by atoms with Crippen LogP contribution in [0.25, 0.3) is 11.0 Å². The molecule has 2 atom stereocenters. The predicted octanol–water partition coefficient (Wildman–Crippen LogP) is 0.134. The highest BCUT2D eigenvalue weighted by Crippen LogP contribution is 2.22. The fraction of sp³-hybridized carbons (Fsp3) is 0.417. The summed E-state index contributed by atoms with van der Waals surface area (Å²) in [6, 6.07) is 3.26. The Labute approximate surface area is 126 Å². The quantitative estimate of drug-likeness (QED) is 0.807. The zero-order valence-electron chi connectivity index (χ0n) is 11.4. The number of sulfonamides is 1. The van der Waals surface area contributed by atoms with E-state index in [-0.39, 0.29) is 10.4 Å². The van der Waals surface area contributed by atoms with E-state index in [1.165, 1.54) is 12.1 Å². The van der Waals surface area contributed by atoms with Crippen molar-refractivity contribution >= 4 is 38.8 Å². The second-order valence-corrected chi connectivity index (χ2v) is 6.90. The summed E-state index contributed by atoms with van der Waals surface area (Å²) in [4.78, 5) is 11.1. The lowest BCUT2D eigenvalue weighted by Crippen LogP contribution is -2.51. The SMILES string of the molecule is CC[C@H](C)[C@@H](NS(=O)(=O)c1cccc2nsnc12)C(=O)[O-]. The summed E-state index contributed by atoms with van der Waals surface area (Å²) in [5, 5.41) is 11.2. The van der Waals surface area contributed by atoms with E-state index in [0.717, 1.165) is 11.7 Å². The van der Waals surface area contributed by atoms with Crippen LogP contribution in [0.3, 0.4) is 0 Å². The lowest BCUT2D eigenvalue weighted by Gasteiger charge is -2.24. The lowest BCUT2D eigenvalue weighted by atomic mass is 10.0. The van der Waals surface area contributed by atoms with E-state index < -0.39 is 28.0 Å². The van der Waals surface area contributed by atoms with Gasteiger partial charge in [-0.3, -0.25) is 0 Å². The van der Waals surface area contributed by atoms with Crippen LogP contribution in [0.15, 0.2) is 23.1 Å². The maximum Gasteiger partial charge on any atom is 0.243 e. The molecule has 1 N–H and O–H groups in total. The van der Waals surface area contributed by atoms with Crippen LogP contribution >= 0.6 is 11.7 Å². The molecule has 2 aromatic rings. The van der Waals surface area contributed by atoms with Gasteiger partial charge in [0.2, 0.25) is 10.0 Å². The molecule has 0 aliphatic rings.